The topological polar surface area (TPSA) is 18.5 Å². The van der Waals surface area contributed by atoms with E-state index < -0.39 is 0 Å². The van der Waals surface area contributed by atoms with Crippen LogP contribution in [0.1, 0.15) is 12.8 Å². The summed E-state index contributed by atoms with van der Waals surface area (Å²) in [5.41, 5.74) is 0.983. The van der Waals surface area contributed by atoms with Gasteiger partial charge in [0.1, 0.15) is 0 Å². The summed E-state index contributed by atoms with van der Waals surface area (Å²) in [6.45, 7) is 9.87. The molecule has 1 N–H and O–H groups in total. The third-order valence-corrected chi connectivity index (χ3v) is 3.47. The van der Waals surface area contributed by atoms with Gasteiger partial charge in [0.2, 0.25) is 0 Å². The second kappa shape index (κ2) is 5.51. The number of piperazine rings is 1. The van der Waals surface area contributed by atoms with Crippen LogP contribution in [0.5, 0.6) is 0 Å². The van der Waals surface area contributed by atoms with Crippen LogP contribution in [0, 0.1) is 0 Å². The molecule has 1 aliphatic carbocycles. The molecule has 0 aromatic carbocycles. The van der Waals surface area contributed by atoms with Gasteiger partial charge in [0.25, 0.3) is 0 Å². The predicted molar refractivity (Wildman–Crippen MR) is 68.4 cm³/mol. The van der Waals surface area contributed by atoms with Crippen molar-refractivity contribution in [2.45, 2.75) is 18.9 Å². The van der Waals surface area contributed by atoms with Gasteiger partial charge in [-0.05, 0) is 18.9 Å². The van der Waals surface area contributed by atoms with Crippen molar-refractivity contribution in [2.75, 3.05) is 39.8 Å². The average Bonchev–Trinajstić information content (AvgIpc) is 3.14. The highest BCUT2D eigenvalue weighted by molar-refractivity contribution is 5.11. The Bertz CT molecular complexity index is 260. The van der Waals surface area contributed by atoms with Crippen LogP contribution in [0.4, 0.5) is 0 Å². The first kappa shape index (κ1) is 11.7. The molecule has 0 atom stereocenters. The van der Waals surface area contributed by atoms with Gasteiger partial charge in [-0.2, -0.15) is 0 Å². The molecule has 3 heteroatoms. The molecule has 0 aromatic rings. The highest BCUT2D eigenvalue weighted by Gasteiger charge is 2.30. The zero-order valence-electron chi connectivity index (χ0n) is 10.3. The molecule has 0 bridgehead atoms. The zero-order valence-corrected chi connectivity index (χ0v) is 10.3. The van der Waals surface area contributed by atoms with Crippen LogP contribution in [-0.4, -0.2) is 55.6 Å². The Morgan fingerprint density at radius 2 is 2.00 bits per heavy atom. The van der Waals surface area contributed by atoms with Crippen molar-refractivity contribution in [3.63, 3.8) is 0 Å². The molecular formula is C13H23N3. The summed E-state index contributed by atoms with van der Waals surface area (Å²) < 4.78 is 0. The summed E-state index contributed by atoms with van der Waals surface area (Å²) in [4.78, 5) is 5.16. The molecule has 1 heterocycles. The average molecular weight is 221 g/mol. The molecule has 2 rings (SSSR count). The summed E-state index contributed by atoms with van der Waals surface area (Å²) in [7, 11) is 1.90. The van der Waals surface area contributed by atoms with E-state index in [2.05, 4.69) is 33.8 Å². The molecule has 2 fully saturated rings. The number of nitrogens with one attached hydrogen (secondary N) is 1. The minimum atomic E-state index is 0.932. The first-order chi connectivity index (χ1) is 7.79. The maximum atomic E-state index is 3.87. The maximum absolute atomic E-state index is 3.87. The first-order valence-electron chi connectivity index (χ1n) is 6.29. The molecule has 1 saturated heterocycles. The van der Waals surface area contributed by atoms with Gasteiger partial charge in [0.05, 0.1) is 0 Å². The highest BCUT2D eigenvalue weighted by Crippen LogP contribution is 2.27. The smallest absolute Gasteiger partial charge is 0.0261 e. The lowest BCUT2D eigenvalue weighted by Gasteiger charge is -2.34. The van der Waals surface area contributed by atoms with Crippen LogP contribution in [0.25, 0.3) is 0 Å². The molecule has 0 aromatic heterocycles. The van der Waals surface area contributed by atoms with Gasteiger partial charge in [-0.25, -0.2) is 0 Å². The van der Waals surface area contributed by atoms with E-state index in [1.807, 2.05) is 7.05 Å². The van der Waals surface area contributed by atoms with E-state index in [9.17, 15) is 0 Å². The summed E-state index contributed by atoms with van der Waals surface area (Å²) in [5.74, 6) is 0. The van der Waals surface area contributed by atoms with Crippen molar-refractivity contribution in [1.29, 1.82) is 0 Å². The van der Waals surface area contributed by atoms with Crippen molar-refractivity contribution in [2.24, 2.45) is 0 Å². The lowest BCUT2D eigenvalue weighted by atomic mass is 10.3. The van der Waals surface area contributed by atoms with E-state index in [4.69, 9.17) is 0 Å². The van der Waals surface area contributed by atoms with Crippen molar-refractivity contribution >= 4 is 0 Å². The Hall–Kier alpha value is -0.800. The third-order valence-electron chi connectivity index (χ3n) is 3.47. The van der Waals surface area contributed by atoms with Gasteiger partial charge in [0.15, 0.2) is 0 Å². The fourth-order valence-corrected chi connectivity index (χ4v) is 2.18. The summed E-state index contributed by atoms with van der Waals surface area (Å²) in [6.07, 6.45) is 7.13. The second-order valence-electron chi connectivity index (χ2n) is 4.75. The Balaban J connectivity index is 1.64. The van der Waals surface area contributed by atoms with Gasteiger partial charge in [-0.1, -0.05) is 12.7 Å². The van der Waals surface area contributed by atoms with Crippen LogP contribution < -0.4 is 5.32 Å². The number of nitrogens with zero attached hydrogens (tertiary/aromatic N) is 2. The number of likely N-dealkylation sites (N-methyl/N-ethyl adjacent to an activating group) is 1. The zero-order chi connectivity index (χ0) is 11.4. The fraction of sp³-hybridized carbons (Fsp3) is 0.692. The minimum Gasteiger partial charge on any atom is -0.389 e. The SMILES string of the molecule is C=C(/C=C/CN1CCN(C2CC2)CC1)NC. The van der Waals surface area contributed by atoms with Gasteiger partial charge in [-0.15, -0.1) is 0 Å². The highest BCUT2D eigenvalue weighted by atomic mass is 15.3. The van der Waals surface area contributed by atoms with Gasteiger partial charge < -0.3 is 5.32 Å². The molecule has 0 amide bonds. The number of allylic oxidation sites excluding steroid dienone is 1. The lowest BCUT2D eigenvalue weighted by Crippen LogP contribution is -2.47. The van der Waals surface area contributed by atoms with Gasteiger partial charge >= 0.3 is 0 Å². The fourth-order valence-electron chi connectivity index (χ4n) is 2.18. The van der Waals surface area contributed by atoms with E-state index >= 15 is 0 Å². The van der Waals surface area contributed by atoms with Crippen molar-refractivity contribution in [3.8, 4) is 0 Å². The molecule has 1 saturated carbocycles. The molecule has 90 valence electrons. The summed E-state index contributed by atoms with van der Waals surface area (Å²) in [5, 5.41) is 3.02. The minimum absolute atomic E-state index is 0.932. The van der Waals surface area contributed by atoms with Crippen LogP contribution in [0.15, 0.2) is 24.4 Å². The molecule has 0 spiro atoms. The molecule has 0 unspecified atom stereocenters. The number of hydrogen-bond donors (Lipinski definition) is 1. The van der Waals surface area contributed by atoms with E-state index in [0.717, 1.165) is 18.3 Å². The van der Waals surface area contributed by atoms with Crippen molar-refractivity contribution in [1.82, 2.24) is 15.1 Å². The third kappa shape index (κ3) is 3.35. The summed E-state index contributed by atoms with van der Waals surface area (Å²) >= 11 is 0. The van der Waals surface area contributed by atoms with Gasteiger partial charge in [-0.3, -0.25) is 9.80 Å². The van der Waals surface area contributed by atoms with E-state index in [-0.39, 0.29) is 0 Å². The van der Waals surface area contributed by atoms with Crippen LogP contribution in [-0.2, 0) is 0 Å². The molecule has 2 aliphatic rings. The van der Waals surface area contributed by atoms with E-state index in [1.165, 1.54) is 39.0 Å². The molecule has 16 heavy (non-hydrogen) atoms. The van der Waals surface area contributed by atoms with Crippen molar-refractivity contribution in [3.05, 3.63) is 24.4 Å². The Morgan fingerprint density at radius 3 is 2.56 bits per heavy atom. The molecule has 3 nitrogen and oxygen atoms in total. The standard InChI is InChI=1S/C13H23N3/c1-12(14-2)4-3-7-15-8-10-16(11-9-15)13-5-6-13/h3-4,13-14H,1,5-11H2,2H3/b4-3+. The number of rotatable bonds is 5. The summed E-state index contributed by atoms with van der Waals surface area (Å²) in [6, 6.07) is 0.932. The molecule has 1 aliphatic heterocycles. The lowest BCUT2D eigenvalue weighted by molar-refractivity contribution is 0.136. The molecule has 0 radical (unpaired) electrons. The van der Waals surface area contributed by atoms with E-state index in [0.29, 0.717) is 0 Å². The first-order valence-corrected chi connectivity index (χ1v) is 6.29. The van der Waals surface area contributed by atoms with Crippen LogP contribution >= 0.6 is 0 Å². The van der Waals surface area contributed by atoms with Crippen LogP contribution in [0.2, 0.25) is 0 Å². The second-order valence-corrected chi connectivity index (χ2v) is 4.75. The largest absolute Gasteiger partial charge is 0.389 e. The maximum Gasteiger partial charge on any atom is 0.0261 e. The Labute approximate surface area is 98.8 Å². The Morgan fingerprint density at radius 1 is 1.31 bits per heavy atom. The monoisotopic (exact) mass is 221 g/mol. The van der Waals surface area contributed by atoms with E-state index in [1.54, 1.807) is 0 Å². The normalized spacial score (nSPS) is 23.8. The predicted octanol–water partition coefficient (Wildman–Crippen LogP) is 1.06. The molecular weight excluding hydrogens is 198 g/mol. The van der Waals surface area contributed by atoms with Gasteiger partial charge in [0, 0.05) is 51.5 Å². The number of hydrogen-bond acceptors (Lipinski definition) is 3. The van der Waals surface area contributed by atoms with Crippen LogP contribution in [0.3, 0.4) is 0 Å². The van der Waals surface area contributed by atoms with Crippen molar-refractivity contribution < 1.29 is 0 Å². The quantitative estimate of drug-likeness (QED) is 0.700. The Kier molecular flexibility index (Phi) is 4.02.